The summed E-state index contributed by atoms with van der Waals surface area (Å²) in [5.41, 5.74) is 6.08. The molecule has 0 radical (unpaired) electrons. The zero-order chi connectivity index (χ0) is 15.2. The molecular weight excluding hydrogens is 336 g/mol. The van der Waals surface area contributed by atoms with Gasteiger partial charge in [0.2, 0.25) is 5.91 Å². The number of primary amides is 1. The summed E-state index contributed by atoms with van der Waals surface area (Å²) in [7, 11) is 0. The van der Waals surface area contributed by atoms with E-state index in [2.05, 4.69) is 21.2 Å². The largest absolute Gasteiger partial charge is 0.484 e. The number of benzene rings is 2. The molecule has 21 heavy (non-hydrogen) atoms. The Morgan fingerprint density at radius 1 is 1.14 bits per heavy atom. The van der Waals surface area contributed by atoms with Gasteiger partial charge >= 0.3 is 0 Å². The van der Waals surface area contributed by atoms with Gasteiger partial charge in [0.25, 0.3) is 5.91 Å². The number of hydrogen-bond acceptors (Lipinski definition) is 3. The number of carbonyl (C=O) groups is 2. The predicted octanol–water partition coefficient (Wildman–Crippen LogP) is 2.57. The Kier molecular flexibility index (Phi) is 4.94. The van der Waals surface area contributed by atoms with E-state index in [1.54, 1.807) is 30.3 Å². The van der Waals surface area contributed by atoms with Crippen LogP contribution in [0.15, 0.2) is 53.0 Å². The zero-order valence-electron chi connectivity index (χ0n) is 11.0. The Bertz CT molecular complexity index is 659. The monoisotopic (exact) mass is 348 g/mol. The van der Waals surface area contributed by atoms with E-state index in [1.165, 1.54) is 0 Å². The van der Waals surface area contributed by atoms with Crippen LogP contribution in [0.4, 0.5) is 5.69 Å². The molecule has 108 valence electrons. The van der Waals surface area contributed by atoms with E-state index in [-0.39, 0.29) is 12.5 Å². The van der Waals surface area contributed by atoms with Gasteiger partial charge in [-0.05, 0) is 46.3 Å². The number of carbonyl (C=O) groups excluding carboxylic acids is 2. The summed E-state index contributed by atoms with van der Waals surface area (Å²) in [5.74, 6) is -0.205. The summed E-state index contributed by atoms with van der Waals surface area (Å²) >= 11 is 3.28. The first-order chi connectivity index (χ1) is 10.1. The maximum atomic E-state index is 11.8. The van der Waals surface area contributed by atoms with Crippen molar-refractivity contribution in [2.75, 3.05) is 11.9 Å². The molecule has 0 saturated carbocycles. The smallest absolute Gasteiger partial charge is 0.262 e. The highest BCUT2D eigenvalue weighted by molar-refractivity contribution is 9.10. The third-order valence-corrected chi connectivity index (χ3v) is 3.30. The molecule has 0 aromatic heterocycles. The molecule has 2 aromatic carbocycles. The van der Waals surface area contributed by atoms with E-state index in [0.29, 0.717) is 21.5 Å². The Morgan fingerprint density at radius 2 is 1.86 bits per heavy atom. The number of anilines is 1. The maximum absolute atomic E-state index is 11.8. The summed E-state index contributed by atoms with van der Waals surface area (Å²) in [5, 5.41) is 2.68. The van der Waals surface area contributed by atoms with Crippen LogP contribution >= 0.6 is 15.9 Å². The fraction of sp³-hybridized carbons (Fsp3) is 0.0667. The third kappa shape index (κ3) is 4.32. The number of nitrogens with two attached hydrogens (primary N) is 1. The fourth-order valence-electron chi connectivity index (χ4n) is 1.62. The highest BCUT2D eigenvalue weighted by Crippen LogP contribution is 2.23. The van der Waals surface area contributed by atoms with Crippen LogP contribution in [0.5, 0.6) is 5.75 Å². The van der Waals surface area contributed by atoms with E-state index in [9.17, 15) is 9.59 Å². The lowest BCUT2D eigenvalue weighted by Gasteiger charge is -2.09. The first kappa shape index (κ1) is 15.1. The molecule has 0 spiro atoms. The van der Waals surface area contributed by atoms with E-state index >= 15 is 0 Å². The molecule has 0 bridgehead atoms. The van der Waals surface area contributed by atoms with Crippen molar-refractivity contribution in [1.82, 2.24) is 0 Å². The molecule has 0 fully saturated rings. The van der Waals surface area contributed by atoms with Crippen LogP contribution in [-0.2, 0) is 4.79 Å². The van der Waals surface area contributed by atoms with Gasteiger partial charge < -0.3 is 15.8 Å². The van der Waals surface area contributed by atoms with Gasteiger partial charge in [-0.1, -0.05) is 18.2 Å². The average molecular weight is 349 g/mol. The first-order valence-corrected chi connectivity index (χ1v) is 6.92. The minimum Gasteiger partial charge on any atom is -0.484 e. The molecule has 0 unspecified atom stereocenters. The van der Waals surface area contributed by atoms with Crippen molar-refractivity contribution in [3.63, 3.8) is 0 Å². The molecule has 3 N–H and O–H groups in total. The molecule has 5 nitrogen and oxygen atoms in total. The SMILES string of the molecule is NC(=O)c1ccc(NC(=O)COc2ccccc2)c(Br)c1. The lowest BCUT2D eigenvalue weighted by molar-refractivity contribution is -0.118. The van der Waals surface area contributed by atoms with Crippen molar-refractivity contribution in [1.29, 1.82) is 0 Å². The quantitative estimate of drug-likeness (QED) is 0.871. The van der Waals surface area contributed by atoms with Gasteiger partial charge in [0.05, 0.1) is 5.69 Å². The van der Waals surface area contributed by atoms with Crippen molar-refractivity contribution in [3.05, 3.63) is 58.6 Å². The molecule has 2 aromatic rings. The van der Waals surface area contributed by atoms with E-state index < -0.39 is 5.91 Å². The Morgan fingerprint density at radius 3 is 2.48 bits per heavy atom. The normalized spacial score (nSPS) is 9.95. The fourth-order valence-corrected chi connectivity index (χ4v) is 2.10. The molecule has 0 heterocycles. The average Bonchev–Trinajstić information content (AvgIpc) is 2.48. The standard InChI is InChI=1S/C15H13BrN2O3/c16-12-8-10(15(17)20)6-7-13(12)18-14(19)9-21-11-4-2-1-3-5-11/h1-8H,9H2,(H2,17,20)(H,18,19). The second kappa shape index (κ2) is 6.90. The Labute approximate surface area is 130 Å². The minimum absolute atomic E-state index is 0.103. The molecule has 2 rings (SSSR count). The van der Waals surface area contributed by atoms with E-state index in [1.807, 2.05) is 18.2 Å². The number of rotatable bonds is 5. The van der Waals surface area contributed by atoms with Gasteiger partial charge in [-0.15, -0.1) is 0 Å². The Hall–Kier alpha value is -2.34. The first-order valence-electron chi connectivity index (χ1n) is 6.13. The van der Waals surface area contributed by atoms with Crippen molar-refractivity contribution in [2.24, 2.45) is 5.73 Å². The van der Waals surface area contributed by atoms with Crippen LogP contribution in [0.25, 0.3) is 0 Å². The number of nitrogens with one attached hydrogen (secondary N) is 1. The number of ether oxygens (including phenoxy) is 1. The second-order valence-corrected chi connectivity index (χ2v) is 5.06. The van der Waals surface area contributed by atoms with Crippen LogP contribution < -0.4 is 15.8 Å². The molecule has 0 aliphatic heterocycles. The van der Waals surface area contributed by atoms with Gasteiger partial charge in [-0.3, -0.25) is 9.59 Å². The van der Waals surface area contributed by atoms with Gasteiger partial charge in [0.1, 0.15) is 5.75 Å². The lowest BCUT2D eigenvalue weighted by atomic mass is 10.2. The molecule has 6 heteroatoms. The summed E-state index contributed by atoms with van der Waals surface area (Å²) in [6.07, 6.45) is 0. The van der Waals surface area contributed by atoms with Crippen molar-refractivity contribution in [2.45, 2.75) is 0 Å². The van der Waals surface area contributed by atoms with Crippen LogP contribution in [0.1, 0.15) is 10.4 Å². The second-order valence-electron chi connectivity index (χ2n) is 4.21. The molecule has 2 amide bonds. The molecule has 0 aliphatic rings. The number of halogens is 1. The number of hydrogen-bond donors (Lipinski definition) is 2. The molecular formula is C15H13BrN2O3. The summed E-state index contributed by atoms with van der Waals surface area (Å²) in [6.45, 7) is -0.103. The number of para-hydroxylation sites is 1. The van der Waals surface area contributed by atoms with Crippen LogP contribution in [0, 0.1) is 0 Å². The van der Waals surface area contributed by atoms with Gasteiger partial charge in [-0.25, -0.2) is 0 Å². The summed E-state index contributed by atoms with van der Waals surface area (Å²) in [4.78, 5) is 22.8. The predicted molar refractivity (Wildman–Crippen MR) is 83.2 cm³/mol. The number of amides is 2. The lowest BCUT2D eigenvalue weighted by Crippen LogP contribution is -2.20. The highest BCUT2D eigenvalue weighted by atomic mass is 79.9. The van der Waals surface area contributed by atoms with Gasteiger partial charge in [-0.2, -0.15) is 0 Å². The van der Waals surface area contributed by atoms with E-state index in [4.69, 9.17) is 10.5 Å². The van der Waals surface area contributed by atoms with E-state index in [0.717, 1.165) is 0 Å². The highest BCUT2D eigenvalue weighted by Gasteiger charge is 2.09. The molecule has 0 saturated heterocycles. The summed E-state index contributed by atoms with van der Waals surface area (Å²) in [6, 6.07) is 13.8. The molecule has 0 atom stereocenters. The van der Waals surface area contributed by atoms with Crippen molar-refractivity contribution >= 4 is 33.4 Å². The van der Waals surface area contributed by atoms with Crippen molar-refractivity contribution in [3.8, 4) is 5.75 Å². The van der Waals surface area contributed by atoms with Gasteiger partial charge in [0.15, 0.2) is 6.61 Å². The molecule has 0 aliphatic carbocycles. The minimum atomic E-state index is -0.527. The topological polar surface area (TPSA) is 81.4 Å². The summed E-state index contributed by atoms with van der Waals surface area (Å²) < 4.78 is 5.92. The van der Waals surface area contributed by atoms with Crippen LogP contribution in [0.2, 0.25) is 0 Å². The van der Waals surface area contributed by atoms with Gasteiger partial charge in [0, 0.05) is 10.0 Å². The zero-order valence-corrected chi connectivity index (χ0v) is 12.6. The van der Waals surface area contributed by atoms with Crippen LogP contribution in [-0.4, -0.2) is 18.4 Å². The van der Waals surface area contributed by atoms with Crippen LogP contribution in [0.3, 0.4) is 0 Å². The third-order valence-electron chi connectivity index (χ3n) is 2.64. The Balaban J connectivity index is 1.95. The van der Waals surface area contributed by atoms with Crippen molar-refractivity contribution < 1.29 is 14.3 Å². The maximum Gasteiger partial charge on any atom is 0.262 e.